The van der Waals surface area contributed by atoms with Gasteiger partial charge in [0.2, 0.25) is 11.7 Å². The second-order valence-corrected chi connectivity index (χ2v) is 6.16. The monoisotopic (exact) mass is 405 g/mol. The van der Waals surface area contributed by atoms with Crippen molar-refractivity contribution in [2.24, 2.45) is 4.99 Å². The third-order valence-corrected chi connectivity index (χ3v) is 4.19. The highest BCUT2D eigenvalue weighted by atomic mass is 16.5. The lowest BCUT2D eigenvalue weighted by Crippen LogP contribution is -2.35. The molecule has 0 saturated heterocycles. The molecule has 0 radical (unpaired) electrons. The zero-order valence-electron chi connectivity index (χ0n) is 17.0. The quantitative estimate of drug-likeness (QED) is 0.474. The Balaban J connectivity index is 1.92. The molecule has 1 amide bonds. The number of nitrogens with one attached hydrogen (secondary N) is 2. The molecule has 0 saturated carbocycles. The lowest BCUT2D eigenvalue weighted by atomic mass is 10.1. The second kappa shape index (κ2) is 9.97. The summed E-state index contributed by atoms with van der Waals surface area (Å²) in [5, 5.41) is 5.96. The predicted octanol–water partition coefficient (Wildman–Crippen LogP) is 4.24. The van der Waals surface area contributed by atoms with Gasteiger partial charge in [0.15, 0.2) is 11.5 Å². The van der Waals surface area contributed by atoms with Crippen LogP contribution in [0.3, 0.4) is 0 Å². The summed E-state index contributed by atoms with van der Waals surface area (Å²) < 4.78 is 16.0. The van der Waals surface area contributed by atoms with Gasteiger partial charge in [-0.25, -0.2) is 4.99 Å². The Morgan fingerprint density at radius 1 is 0.800 bits per heavy atom. The highest BCUT2D eigenvalue weighted by Gasteiger charge is 2.18. The van der Waals surface area contributed by atoms with Crippen LogP contribution >= 0.6 is 0 Å². The van der Waals surface area contributed by atoms with Gasteiger partial charge >= 0.3 is 0 Å². The topological polar surface area (TPSA) is 81.2 Å². The maximum absolute atomic E-state index is 13.0. The largest absolute Gasteiger partial charge is 0.493 e. The fourth-order valence-corrected chi connectivity index (χ4v) is 2.77. The number of ether oxygens (including phenoxy) is 3. The third-order valence-electron chi connectivity index (χ3n) is 4.19. The standard InChI is InChI=1S/C23H23N3O4/c1-28-19-14-16(15-20(29-2)21(19)30-3)22(27)26-23(24-17-10-6-4-7-11-17)25-18-12-8-5-9-13-18/h4-15H,1-3H3,(H2,24,25,26,27). The number of nitrogens with zero attached hydrogens (tertiary/aromatic N) is 1. The average Bonchev–Trinajstić information content (AvgIpc) is 2.79. The maximum atomic E-state index is 13.0. The molecule has 0 aromatic heterocycles. The highest BCUT2D eigenvalue weighted by Crippen LogP contribution is 2.38. The van der Waals surface area contributed by atoms with Gasteiger partial charge < -0.3 is 19.5 Å². The Kier molecular flexibility index (Phi) is 6.89. The van der Waals surface area contributed by atoms with Gasteiger partial charge in [-0.1, -0.05) is 36.4 Å². The lowest BCUT2D eigenvalue weighted by molar-refractivity contribution is 0.0976. The van der Waals surface area contributed by atoms with Gasteiger partial charge in [0.1, 0.15) is 0 Å². The van der Waals surface area contributed by atoms with Crippen LogP contribution in [0.1, 0.15) is 10.4 Å². The van der Waals surface area contributed by atoms with Gasteiger partial charge in [0, 0.05) is 11.3 Å². The van der Waals surface area contributed by atoms with E-state index in [1.54, 1.807) is 12.1 Å². The molecular formula is C23H23N3O4. The predicted molar refractivity (Wildman–Crippen MR) is 117 cm³/mol. The average molecular weight is 405 g/mol. The van der Waals surface area contributed by atoms with Crippen molar-refractivity contribution < 1.29 is 19.0 Å². The van der Waals surface area contributed by atoms with Crippen molar-refractivity contribution in [3.63, 3.8) is 0 Å². The second-order valence-electron chi connectivity index (χ2n) is 6.16. The Morgan fingerprint density at radius 3 is 1.90 bits per heavy atom. The summed E-state index contributed by atoms with van der Waals surface area (Å²) in [4.78, 5) is 17.5. The van der Waals surface area contributed by atoms with Crippen LogP contribution in [0.5, 0.6) is 17.2 Å². The molecule has 0 aliphatic carbocycles. The van der Waals surface area contributed by atoms with Crippen molar-refractivity contribution in [1.29, 1.82) is 0 Å². The van der Waals surface area contributed by atoms with Crippen LogP contribution in [0, 0.1) is 0 Å². The van der Waals surface area contributed by atoms with E-state index in [9.17, 15) is 4.79 Å². The Hall–Kier alpha value is -4.00. The molecule has 0 fully saturated rings. The third kappa shape index (κ3) is 5.08. The summed E-state index contributed by atoms with van der Waals surface area (Å²) in [6, 6.07) is 22.0. The van der Waals surface area contributed by atoms with Crippen molar-refractivity contribution in [1.82, 2.24) is 5.32 Å². The van der Waals surface area contributed by atoms with Gasteiger partial charge in [-0.3, -0.25) is 10.1 Å². The number of carbonyl (C=O) groups excluding carboxylic acids is 1. The van der Waals surface area contributed by atoms with Crippen molar-refractivity contribution in [2.45, 2.75) is 0 Å². The summed E-state index contributed by atoms with van der Waals surface area (Å²) >= 11 is 0. The molecule has 0 heterocycles. The van der Waals surface area contributed by atoms with Crippen molar-refractivity contribution in [3.8, 4) is 17.2 Å². The number of aliphatic imine (C=N–C) groups is 1. The molecule has 0 aliphatic rings. The Morgan fingerprint density at radius 2 is 1.37 bits per heavy atom. The summed E-state index contributed by atoms with van der Waals surface area (Å²) in [6.07, 6.45) is 0. The Labute approximate surface area is 175 Å². The summed E-state index contributed by atoms with van der Waals surface area (Å²) in [7, 11) is 4.50. The number of guanidine groups is 1. The molecule has 7 nitrogen and oxygen atoms in total. The molecule has 30 heavy (non-hydrogen) atoms. The number of para-hydroxylation sites is 2. The van der Waals surface area contributed by atoms with Crippen LogP contribution in [-0.4, -0.2) is 33.2 Å². The maximum Gasteiger partial charge on any atom is 0.258 e. The van der Waals surface area contributed by atoms with Crippen LogP contribution in [0.4, 0.5) is 11.4 Å². The zero-order chi connectivity index (χ0) is 21.3. The lowest BCUT2D eigenvalue weighted by Gasteiger charge is -2.15. The van der Waals surface area contributed by atoms with E-state index >= 15 is 0 Å². The first kappa shape index (κ1) is 20.7. The molecule has 154 valence electrons. The normalized spacial score (nSPS) is 10.8. The first-order valence-electron chi connectivity index (χ1n) is 9.21. The van der Waals surface area contributed by atoms with E-state index in [1.165, 1.54) is 21.3 Å². The number of benzene rings is 3. The van der Waals surface area contributed by atoms with Crippen molar-refractivity contribution >= 4 is 23.2 Å². The van der Waals surface area contributed by atoms with Crippen LogP contribution in [0.2, 0.25) is 0 Å². The fourth-order valence-electron chi connectivity index (χ4n) is 2.77. The van der Waals surface area contributed by atoms with Gasteiger partial charge in [0.05, 0.1) is 27.0 Å². The molecule has 0 atom stereocenters. The number of amides is 1. The number of rotatable bonds is 6. The highest BCUT2D eigenvalue weighted by molar-refractivity contribution is 6.11. The minimum Gasteiger partial charge on any atom is -0.493 e. The van der Waals surface area contributed by atoms with Crippen LogP contribution in [-0.2, 0) is 0 Å². The van der Waals surface area contributed by atoms with Gasteiger partial charge in [-0.05, 0) is 36.4 Å². The SMILES string of the molecule is COc1cc(C(=O)NC(=Nc2ccccc2)Nc2ccccc2)cc(OC)c1OC. The fraction of sp³-hybridized carbons (Fsp3) is 0.130. The van der Waals surface area contributed by atoms with E-state index in [4.69, 9.17) is 14.2 Å². The van der Waals surface area contributed by atoms with E-state index in [1.807, 2.05) is 60.7 Å². The molecule has 0 spiro atoms. The number of carbonyl (C=O) groups is 1. The molecule has 0 aliphatic heterocycles. The number of methoxy groups -OCH3 is 3. The van der Waals surface area contributed by atoms with Crippen LogP contribution in [0.15, 0.2) is 77.8 Å². The minimum atomic E-state index is -0.382. The molecule has 0 bridgehead atoms. The molecule has 3 aromatic rings. The van der Waals surface area contributed by atoms with E-state index < -0.39 is 0 Å². The van der Waals surface area contributed by atoms with Crippen LogP contribution in [0.25, 0.3) is 0 Å². The van der Waals surface area contributed by atoms with E-state index in [2.05, 4.69) is 15.6 Å². The van der Waals surface area contributed by atoms with Gasteiger partial charge in [-0.2, -0.15) is 0 Å². The zero-order valence-corrected chi connectivity index (χ0v) is 17.0. The molecule has 3 rings (SSSR count). The Bertz CT molecular complexity index is 996. The minimum absolute atomic E-state index is 0.283. The van der Waals surface area contributed by atoms with Gasteiger partial charge in [-0.15, -0.1) is 0 Å². The summed E-state index contributed by atoms with van der Waals surface area (Å²) in [6.45, 7) is 0. The van der Waals surface area contributed by atoms with E-state index in [-0.39, 0.29) is 11.9 Å². The number of anilines is 1. The molecular weight excluding hydrogens is 382 g/mol. The number of hydrogen-bond acceptors (Lipinski definition) is 5. The van der Waals surface area contributed by atoms with Crippen molar-refractivity contribution in [2.75, 3.05) is 26.6 Å². The smallest absolute Gasteiger partial charge is 0.258 e. The molecule has 3 aromatic carbocycles. The summed E-state index contributed by atoms with van der Waals surface area (Å²) in [5.74, 6) is 1.09. The number of hydrogen-bond donors (Lipinski definition) is 2. The first-order valence-corrected chi connectivity index (χ1v) is 9.21. The summed E-state index contributed by atoms with van der Waals surface area (Å²) in [5.41, 5.74) is 1.82. The van der Waals surface area contributed by atoms with Gasteiger partial charge in [0.25, 0.3) is 5.91 Å². The molecule has 2 N–H and O–H groups in total. The van der Waals surface area contributed by atoms with E-state index in [0.717, 1.165) is 5.69 Å². The first-order chi connectivity index (χ1) is 14.6. The molecule has 7 heteroatoms. The van der Waals surface area contributed by atoms with E-state index in [0.29, 0.717) is 28.5 Å². The van der Waals surface area contributed by atoms with Crippen molar-refractivity contribution in [3.05, 3.63) is 78.4 Å². The van der Waals surface area contributed by atoms with Crippen LogP contribution < -0.4 is 24.8 Å². The molecule has 0 unspecified atom stereocenters.